The molecule has 2 N–H and O–H groups in total. The van der Waals surface area contributed by atoms with Gasteiger partial charge in [-0.3, -0.25) is 10.2 Å². The van der Waals surface area contributed by atoms with E-state index < -0.39 is 29.0 Å². The van der Waals surface area contributed by atoms with Crippen LogP contribution in [-0.2, 0) is 20.7 Å². The molecular weight excluding hydrogens is 495 g/mol. The molecule has 208 valence electrons. The van der Waals surface area contributed by atoms with Crippen LogP contribution in [0.4, 0.5) is 19.7 Å². The number of anilines is 1. The molecule has 0 radical (unpaired) electrons. The second-order valence-electron chi connectivity index (χ2n) is 11.7. The number of piperazine rings is 1. The number of ether oxygens (including phenoxy) is 2. The average Bonchev–Trinajstić information content (AvgIpc) is 3.57. The normalized spacial score (nSPS) is 16.4. The summed E-state index contributed by atoms with van der Waals surface area (Å²) in [5.74, 6) is -0.379. The van der Waals surface area contributed by atoms with Crippen LogP contribution in [-0.4, -0.2) is 69.9 Å². The molecule has 1 saturated carbocycles. The minimum atomic E-state index is -0.764. The van der Waals surface area contributed by atoms with Crippen LogP contribution < -0.4 is 15.8 Å². The molecule has 0 bridgehead atoms. The van der Waals surface area contributed by atoms with Gasteiger partial charge in [0.05, 0.1) is 23.1 Å². The quantitative estimate of drug-likeness (QED) is 0.577. The Labute approximate surface area is 221 Å². The van der Waals surface area contributed by atoms with E-state index in [1.165, 1.54) is 6.07 Å². The molecular formula is C26H37FN6O5. The molecule has 1 saturated heterocycles. The zero-order chi connectivity index (χ0) is 27.8. The highest BCUT2D eigenvalue weighted by Gasteiger charge is 2.31. The number of fused-ring (bicyclic) bond motifs is 1. The van der Waals surface area contributed by atoms with Gasteiger partial charge in [-0.2, -0.15) is 0 Å². The number of carbonyl (C=O) groups excluding carboxylic acids is 3. The topological polar surface area (TPSA) is 118 Å². The number of amides is 3. The molecule has 2 aliphatic rings. The fourth-order valence-corrected chi connectivity index (χ4v) is 4.33. The molecule has 2 aromatic rings. The first-order valence-corrected chi connectivity index (χ1v) is 12.9. The molecule has 3 amide bonds. The Morgan fingerprint density at radius 3 is 2.18 bits per heavy atom. The Bertz CT molecular complexity index is 1220. The number of hydrogen-bond acceptors (Lipinski definition) is 7. The Hall–Kier alpha value is -3.57. The van der Waals surface area contributed by atoms with E-state index in [9.17, 15) is 14.4 Å². The summed E-state index contributed by atoms with van der Waals surface area (Å²) < 4.78 is 27.8. The van der Waals surface area contributed by atoms with Crippen LogP contribution in [0.5, 0.6) is 0 Å². The predicted molar refractivity (Wildman–Crippen MR) is 139 cm³/mol. The third-order valence-electron chi connectivity index (χ3n) is 6.04. The fraction of sp³-hybridized carbons (Fsp3) is 0.615. The molecule has 12 heteroatoms. The van der Waals surface area contributed by atoms with E-state index in [-0.39, 0.29) is 18.6 Å². The van der Waals surface area contributed by atoms with Gasteiger partial charge in [-0.1, -0.05) is 0 Å². The predicted octanol–water partition coefficient (Wildman–Crippen LogP) is 3.67. The van der Waals surface area contributed by atoms with Crippen molar-refractivity contribution in [1.82, 2.24) is 25.3 Å². The lowest BCUT2D eigenvalue weighted by atomic mass is 10.2. The summed E-state index contributed by atoms with van der Waals surface area (Å²) in [6, 6.07) is 3.35. The van der Waals surface area contributed by atoms with Crippen LogP contribution in [0.25, 0.3) is 11.0 Å². The molecule has 1 aromatic heterocycles. The monoisotopic (exact) mass is 532 g/mol. The highest BCUT2D eigenvalue weighted by atomic mass is 19.1. The molecule has 1 aromatic carbocycles. The second-order valence-corrected chi connectivity index (χ2v) is 11.7. The zero-order valence-electron chi connectivity index (χ0n) is 22.9. The Kier molecular flexibility index (Phi) is 7.44. The molecule has 0 atom stereocenters. The number of imidazole rings is 1. The van der Waals surface area contributed by atoms with Gasteiger partial charge < -0.3 is 23.8 Å². The lowest BCUT2D eigenvalue weighted by Crippen LogP contribution is -2.50. The highest BCUT2D eigenvalue weighted by molar-refractivity contribution is 5.84. The van der Waals surface area contributed by atoms with E-state index in [1.807, 2.05) is 30.2 Å². The van der Waals surface area contributed by atoms with Crippen molar-refractivity contribution in [3.05, 3.63) is 23.8 Å². The van der Waals surface area contributed by atoms with Crippen molar-refractivity contribution in [2.24, 2.45) is 0 Å². The van der Waals surface area contributed by atoms with Crippen LogP contribution in [0, 0.1) is 5.82 Å². The Morgan fingerprint density at radius 1 is 0.974 bits per heavy atom. The second kappa shape index (κ2) is 10.3. The lowest BCUT2D eigenvalue weighted by molar-refractivity contribution is -0.121. The van der Waals surface area contributed by atoms with Gasteiger partial charge in [0.15, 0.2) is 0 Å². The number of halogens is 1. The van der Waals surface area contributed by atoms with Crippen LogP contribution >= 0.6 is 0 Å². The van der Waals surface area contributed by atoms with E-state index in [0.29, 0.717) is 43.2 Å². The molecule has 1 aliphatic carbocycles. The molecule has 2 heterocycles. The molecule has 2 fully saturated rings. The minimum absolute atomic E-state index is 0.0908. The van der Waals surface area contributed by atoms with Gasteiger partial charge in [-0.15, -0.1) is 0 Å². The van der Waals surface area contributed by atoms with E-state index in [2.05, 4.69) is 15.8 Å². The van der Waals surface area contributed by atoms with Crippen LogP contribution in [0.3, 0.4) is 0 Å². The van der Waals surface area contributed by atoms with Crippen molar-refractivity contribution in [1.29, 1.82) is 0 Å². The average molecular weight is 533 g/mol. The summed E-state index contributed by atoms with van der Waals surface area (Å²) in [5.41, 5.74) is 4.97. The highest BCUT2D eigenvalue weighted by Crippen LogP contribution is 2.40. The number of benzene rings is 1. The van der Waals surface area contributed by atoms with E-state index >= 15 is 4.39 Å². The molecule has 1 aliphatic heterocycles. The van der Waals surface area contributed by atoms with Crippen LogP contribution in [0.1, 0.15) is 66.3 Å². The van der Waals surface area contributed by atoms with Crippen LogP contribution in [0.2, 0.25) is 0 Å². The van der Waals surface area contributed by atoms with Gasteiger partial charge in [0.1, 0.15) is 22.8 Å². The summed E-state index contributed by atoms with van der Waals surface area (Å²) in [6.45, 7) is 12.4. The summed E-state index contributed by atoms with van der Waals surface area (Å²) in [7, 11) is 0. The van der Waals surface area contributed by atoms with Crippen LogP contribution in [0.15, 0.2) is 12.1 Å². The molecule has 38 heavy (non-hydrogen) atoms. The van der Waals surface area contributed by atoms with Gasteiger partial charge in [0.2, 0.25) is 5.91 Å². The first-order valence-electron chi connectivity index (χ1n) is 12.9. The molecule has 0 spiro atoms. The van der Waals surface area contributed by atoms with E-state index in [0.717, 1.165) is 18.4 Å². The summed E-state index contributed by atoms with van der Waals surface area (Å²) in [4.78, 5) is 44.9. The maximum Gasteiger partial charge on any atom is 0.426 e. The Morgan fingerprint density at radius 2 is 1.61 bits per heavy atom. The molecule has 11 nitrogen and oxygen atoms in total. The maximum absolute atomic E-state index is 15.2. The van der Waals surface area contributed by atoms with Gasteiger partial charge in [0, 0.05) is 38.3 Å². The smallest absolute Gasteiger partial charge is 0.426 e. The van der Waals surface area contributed by atoms with Gasteiger partial charge in [-0.25, -0.2) is 24.4 Å². The third-order valence-corrected chi connectivity index (χ3v) is 6.04. The number of nitrogens with zero attached hydrogens (tertiary/aromatic N) is 4. The first-order chi connectivity index (χ1) is 17.7. The zero-order valence-corrected chi connectivity index (χ0v) is 22.9. The summed E-state index contributed by atoms with van der Waals surface area (Å²) >= 11 is 0. The summed E-state index contributed by atoms with van der Waals surface area (Å²) in [6.07, 6.45) is 0.658. The van der Waals surface area contributed by atoms with Crippen molar-refractivity contribution < 1.29 is 28.2 Å². The van der Waals surface area contributed by atoms with Crippen molar-refractivity contribution in [3.63, 3.8) is 0 Å². The fourth-order valence-electron chi connectivity index (χ4n) is 4.33. The largest absolute Gasteiger partial charge is 0.444 e. The van der Waals surface area contributed by atoms with Gasteiger partial charge >= 0.3 is 12.2 Å². The molecule has 4 rings (SSSR count). The number of carbonyl (C=O) groups is 3. The Balaban J connectivity index is 1.47. The number of hydrazine groups is 1. The SMILES string of the molecule is CC(C)(C)OC(=O)NNC(=O)Cc1nc2cc(F)c(N3CCN(C(=O)OC(C)(C)C)CC3)cc2n1C1CC1. The van der Waals surface area contributed by atoms with Crippen molar-refractivity contribution in [2.45, 2.75) is 78.0 Å². The number of hydrogen-bond donors (Lipinski definition) is 2. The minimum Gasteiger partial charge on any atom is -0.444 e. The first kappa shape index (κ1) is 27.5. The number of aromatic nitrogens is 2. The summed E-state index contributed by atoms with van der Waals surface area (Å²) in [5, 5.41) is 0. The van der Waals surface area contributed by atoms with Crippen molar-refractivity contribution in [2.75, 3.05) is 31.1 Å². The number of rotatable bonds is 4. The van der Waals surface area contributed by atoms with Gasteiger partial charge in [-0.05, 0) is 60.5 Å². The lowest BCUT2D eigenvalue weighted by Gasteiger charge is -2.36. The van der Waals surface area contributed by atoms with Crippen molar-refractivity contribution >= 4 is 34.8 Å². The number of nitrogens with one attached hydrogen (secondary N) is 2. The maximum atomic E-state index is 15.2. The van der Waals surface area contributed by atoms with E-state index in [4.69, 9.17) is 9.47 Å². The third kappa shape index (κ3) is 6.84. The molecule has 0 unspecified atom stereocenters. The standard InChI is InChI=1S/C26H37FN6O5/c1-25(2,3)37-23(35)30-29-22(34)15-21-28-18-13-17(27)19(14-20(18)33(21)16-7-8-16)31-9-11-32(12-10-31)24(36)38-26(4,5)6/h13-14,16H,7-12,15H2,1-6H3,(H,29,34)(H,30,35). The van der Waals surface area contributed by atoms with E-state index in [1.54, 1.807) is 31.7 Å². The van der Waals surface area contributed by atoms with Crippen molar-refractivity contribution in [3.8, 4) is 0 Å². The van der Waals surface area contributed by atoms with Gasteiger partial charge in [0.25, 0.3) is 0 Å².